The van der Waals surface area contributed by atoms with E-state index >= 15 is 0 Å². The predicted octanol–water partition coefficient (Wildman–Crippen LogP) is 5.22. The Labute approximate surface area is 218 Å². The average molecular weight is 530 g/mol. The third-order valence-electron chi connectivity index (χ3n) is 7.97. The number of benzene rings is 2. The van der Waals surface area contributed by atoms with Crippen molar-refractivity contribution >= 4 is 22.9 Å². The summed E-state index contributed by atoms with van der Waals surface area (Å²) in [5.74, 6) is -4.23. The van der Waals surface area contributed by atoms with Crippen LogP contribution in [0.1, 0.15) is 42.7 Å². The third kappa shape index (κ3) is 5.78. The molecule has 5 rings (SSSR count). The van der Waals surface area contributed by atoms with Gasteiger partial charge in [0.2, 0.25) is 5.91 Å². The lowest BCUT2D eigenvalue weighted by Gasteiger charge is -2.37. The highest BCUT2D eigenvalue weighted by molar-refractivity contribution is 5.91. The van der Waals surface area contributed by atoms with E-state index < -0.39 is 23.6 Å². The maximum atomic E-state index is 13.7. The largest absolute Gasteiger partial charge is 0.392 e. The van der Waals surface area contributed by atoms with E-state index in [1.54, 1.807) is 17.0 Å². The van der Waals surface area contributed by atoms with Gasteiger partial charge in [-0.2, -0.15) is 0 Å². The summed E-state index contributed by atoms with van der Waals surface area (Å²) in [4.78, 5) is 19.7. The maximum Gasteiger partial charge on any atom is 0.246 e. The molecule has 2 aromatic carbocycles. The van der Waals surface area contributed by atoms with Gasteiger partial charge in [0.05, 0.1) is 6.10 Å². The smallest absolute Gasteiger partial charge is 0.246 e. The highest BCUT2D eigenvalue weighted by Crippen LogP contribution is 2.34. The van der Waals surface area contributed by atoms with Crippen molar-refractivity contribution in [3.8, 4) is 0 Å². The number of aliphatic hydroxyl groups is 1. The number of amides is 1. The van der Waals surface area contributed by atoms with Crippen molar-refractivity contribution in [3.63, 3.8) is 0 Å². The normalized spacial score (nSPS) is 19.0. The van der Waals surface area contributed by atoms with Crippen LogP contribution in [0.25, 0.3) is 17.0 Å². The Balaban J connectivity index is 1.08. The first-order valence-electron chi connectivity index (χ1n) is 13.1. The molecule has 0 radical (unpaired) electrons. The van der Waals surface area contributed by atoms with Crippen LogP contribution in [0.2, 0.25) is 0 Å². The molecule has 5 nitrogen and oxygen atoms in total. The van der Waals surface area contributed by atoms with Crippen LogP contribution in [0.5, 0.6) is 0 Å². The highest BCUT2D eigenvalue weighted by atomic mass is 19.2. The van der Waals surface area contributed by atoms with E-state index in [0.717, 1.165) is 54.5 Å². The quantitative estimate of drug-likeness (QED) is 0.262. The summed E-state index contributed by atoms with van der Waals surface area (Å²) in [7, 11) is 0. The first-order chi connectivity index (χ1) is 18.3. The number of halogens is 4. The zero-order chi connectivity index (χ0) is 26.8. The molecule has 0 saturated carbocycles. The molecular weight excluding hydrogens is 498 g/mol. The lowest BCUT2D eigenvalue weighted by Crippen LogP contribution is -2.45. The molecule has 0 aliphatic carbocycles. The second-order valence-electron chi connectivity index (χ2n) is 10.4. The van der Waals surface area contributed by atoms with E-state index in [0.29, 0.717) is 38.4 Å². The summed E-state index contributed by atoms with van der Waals surface area (Å²) >= 11 is 0. The second-order valence-corrected chi connectivity index (χ2v) is 10.4. The number of carbonyl (C=O) groups excluding carboxylic acids is 1. The van der Waals surface area contributed by atoms with Crippen LogP contribution in [-0.2, 0) is 4.79 Å². The molecule has 9 heteroatoms. The number of nitrogens with one attached hydrogen (secondary N) is 1. The number of carbonyl (C=O) groups is 1. The Morgan fingerprint density at radius 2 is 1.68 bits per heavy atom. The van der Waals surface area contributed by atoms with Crippen molar-refractivity contribution < 1.29 is 27.5 Å². The molecule has 202 valence electrons. The van der Waals surface area contributed by atoms with E-state index in [1.807, 2.05) is 6.20 Å². The number of aromatic nitrogens is 1. The summed E-state index contributed by atoms with van der Waals surface area (Å²) in [6.45, 7) is 3.26. The number of H-pyrrole nitrogens is 1. The minimum atomic E-state index is -1.54. The van der Waals surface area contributed by atoms with Crippen LogP contribution in [-0.4, -0.2) is 64.6 Å². The standard InChI is InChI=1S/C29H31F4N3O2/c30-21-2-3-26-22(15-21)23(16-34-26)19-5-9-35(10-6-19)17-27(37)20-7-11-36(12-8-20)28(38)4-1-18-13-24(31)29(33)25(32)14-18/h1-4,13-16,19-20,27,34,37H,5-12,17H2/b4-1+. The van der Waals surface area contributed by atoms with E-state index in [2.05, 4.69) is 9.88 Å². The molecule has 1 atom stereocenters. The summed E-state index contributed by atoms with van der Waals surface area (Å²) in [6.07, 6.45) is 7.21. The number of hydrogen-bond donors (Lipinski definition) is 2. The summed E-state index contributed by atoms with van der Waals surface area (Å²) in [6, 6.07) is 6.50. The molecule has 0 spiro atoms. The van der Waals surface area contributed by atoms with Crippen LogP contribution in [0.3, 0.4) is 0 Å². The molecule has 2 aliphatic rings. The van der Waals surface area contributed by atoms with Gasteiger partial charge in [-0.25, -0.2) is 17.6 Å². The molecule has 2 fully saturated rings. The van der Waals surface area contributed by atoms with E-state index in [-0.39, 0.29) is 23.2 Å². The number of fused-ring (bicyclic) bond motifs is 1. The van der Waals surface area contributed by atoms with Crippen LogP contribution < -0.4 is 0 Å². The van der Waals surface area contributed by atoms with Gasteiger partial charge in [0.15, 0.2) is 17.5 Å². The van der Waals surface area contributed by atoms with Gasteiger partial charge in [0, 0.05) is 42.8 Å². The van der Waals surface area contributed by atoms with Gasteiger partial charge in [0.25, 0.3) is 0 Å². The molecule has 1 unspecified atom stereocenters. The van der Waals surface area contributed by atoms with Crippen molar-refractivity contribution in [2.24, 2.45) is 5.92 Å². The number of aliphatic hydroxyl groups excluding tert-OH is 1. The summed E-state index contributed by atoms with van der Waals surface area (Å²) in [5.41, 5.74) is 2.17. The zero-order valence-electron chi connectivity index (χ0n) is 21.0. The zero-order valence-corrected chi connectivity index (χ0v) is 21.0. The Hall–Kier alpha value is -3.17. The Bertz CT molecular complexity index is 1300. The molecule has 3 aromatic rings. The lowest BCUT2D eigenvalue weighted by molar-refractivity contribution is -0.128. The van der Waals surface area contributed by atoms with E-state index in [9.17, 15) is 27.5 Å². The first kappa shape index (κ1) is 26.4. The molecule has 0 bridgehead atoms. The second kappa shape index (κ2) is 11.3. The monoisotopic (exact) mass is 529 g/mol. The van der Waals surface area contributed by atoms with Gasteiger partial charge in [-0.15, -0.1) is 0 Å². The Morgan fingerprint density at radius 3 is 2.37 bits per heavy atom. The van der Waals surface area contributed by atoms with Crippen LogP contribution in [0, 0.1) is 29.2 Å². The fourth-order valence-electron chi connectivity index (χ4n) is 5.74. The van der Waals surface area contributed by atoms with Gasteiger partial charge in [-0.3, -0.25) is 4.79 Å². The molecular formula is C29H31F4N3O2. The van der Waals surface area contributed by atoms with Gasteiger partial charge in [0.1, 0.15) is 5.82 Å². The molecule has 1 amide bonds. The van der Waals surface area contributed by atoms with Crippen molar-refractivity contribution in [1.29, 1.82) is 0 Å². The number of nitrogens with zero attached hydrogens (tertiary/aromatic N) is 2. The number of hydrogen-bond acceptors (Lipinski definition) is 3. The third-order valence-corrected chi connectivity index (χ3v) is 7.97. The topological polar surface area (TPSA) is 59.6 Å². The fraction of sp³-hybridized carbons (Fsp3) is 0.414. The number of likely N-dealkylation sites (tertiary alicyclic amines) is 2. The fourth-order valence-corrected chi connectivity index (χ4v) is 5.74. The van der Waals surface area contributed by atoms with Crippen LogP contribution in [0.4, 0.5) is 17.6 Å². The molecule has 3 heterocycles. The van der Waals surface area contributed by atoms with Gasteiger partial charge < -0.3 is 19.9 Å². The summed E-state index contributed by atoms with van der Waals surface area (Å²) in [5, 5.41) is 11.8. The lowest BCUT2D eigenvalue weighted by atomic mass is 9.87. The van der Waals surface area contributed by atoms with Crippen molar-refractivity contribution in [2.75, 3.05) is 32.7 Å². The van der Waals surface area contributed by atoms with Crippen molar-refractivity contribution in [3.05, 3.63) is 77.0 Å². The minimum Gasteiger partial charge on any atom is -0.392 e. The number of β-amino-alcohol motifs (C(OH)–C–C–N with tert-alkyl or cyclic N) is 1. The summed E-state index contributed by atoms with van der Waals surface area (Å²) < 4.78 is 53.6. The molecule has 1 aromatic heterocycles. The van der Waals surface area contributed by atoms with Crippen molar-refractivity contribution in [1.82, 2.24) is 14.8 Å². The van der Waals surface area contributed by atoms with Crippen LogP contribution >= 0.6 is 0 Å². The predicted molar refractivity (Wildman–Crippen MR) is 137 cm³/mol. The Morgan fingerprint density at radius 1 is 1.00 bits per heavy atom. The average Bonchev–Trinajstić information content (AvgIpc) is 3.33. The number of aromatic amines is 1. The van der Waals surface area contributed by atoms with Gasteiger partial charge in [-0.05, 0) is 98.1 Å². The van der Waals surface area contributed by atoms with Crippen LogP contribution in [0.15, 0.2) is 42.6 Å². The first-order valence-corrected chi connectivity index (χ1v) is 13.1. The minimum absolute atomic E-state index is 0.0701. The molecule has 2 aliphatic heterocycles. The molecule has 2 saturated heterocycles. The SMILES string of the molecule is O=C(/C=C/c1cc(F)c(F)c(F)c1)N1CCC(C(O)CN2CCC(c3c[nH]c4ccc(F)cc34)CC2)CC1. The number of rotatable bonds is 6. The highest BCUT2D eigenvalue weighted by Gasteiger charge is 2.30. The van der Waals surface area contributed by atoms with Gasteiger partial charge in [-0.1, -0.05) is 0 Å². The maximum absolute atomic E-state index is 13.7. The molecule has 38 heavy (non-hydrogen) atoms. The van der Waals surface area contributed by atoms with Gasteiger partial charge >= 0.3 is 0 Å². The van der Waals surface area contributed by atoms with E-state index in [4.69, 9.17) is 0 Å². The van der Waals surface area contributed by atoms with Crippen molar-refractivity contribution in [2.45, 2.75) is 37.7 Å². The van der Waals surface area contributed by atoms with E-state index in [1.165, 1.54) is 18.2 Å². The molecule has 2 N–H and O–H groups in total. The Kier molecular flexibility index (Phi) is 7.85. The number of piperidine rings is 2.